The lowest BCUT2D eigenvalue weighted by atomic mass is 9.83. The van der Waals surface area contributed by atoms with Crippen molar-refractivity contribution in [2.24, 2.45) is 0 Å². The highest BCUT2D eigenvalue weighted by Crippen LogP contribution is 2.48. The van der Waals surface area contributed by atoms with E-state index in [1.807, 2.05) is 48.7 Å². The lowest BCUT2D eigenvalue weighted by Gasteiger charge is -2.28. The number of H-pyrrole nitrogens is 2. The van der Waals surface area contributed by atoms with Gasteiger partial charge in [-0.15, -0.1) is 11.6 Å². The Hall–Kier alpha value is -3.38. The predicted octanol–water partition coefficient (Wildman–Crippen LogP) is 7.21. The zero-order valence-corrected chi connectivity index (χ0v) is 17.7. The Morgan fingerprint density at radius 3 is 2.00 bits per heavy atom. The number of aromatic amines is 2. The van der Waals surface area contributed by atoms with Crippen molar-refractivity contribution in [2.45, 2.75) is 11.1 Å². The van der Waals surface area contributed by atoms with E-state index in [1.54, 1.807) is 13.3 Å². The first kappa shape index (κ1) is 20.5. The van der Waals surface area contributed by atoms with Crippen LogP contribution in [0.3, 0.4) is 0 Å². The second-order valence-corrected chi connectivity index (χ2v) is 8.16. The highest BCUT2D eigenvalue weighted by molar-refractivity contribution is 6.30. The largest absolute Gasteiger partial charge is 0.497 e. The molecule has 0 saturated carbocycles. The molecule has 0 aliphatic carbocycles. The number of hydrogen-bond acceptors (Lipinski definition) is 1. The Kier molecular flexibility index (Phi) is 4.71. The van der Waals surface area contributed by atoms with Crippen LogP contribution in [0.15, 0.2) is 79.1 Å². The van der Waals surface area contributed by atoms with Gasteiger partial charge in [0.2, 0.25) is 0 Å². The third kappa shape index (κ3) is 3.14. The lowest BCUT2D eigenvalue weighted by Crippen LogP contribution is -2.22. The van der Waals surface area contributed by atoms with E-state index in [0.717, 1.165) is 45.1 Å². The van der Waals surface area contributed by atoms with Crippen molar-refractivity contribution in [1.82, 2.24) is 9.97 Å². The average Bonchev–Trinajstić information content (AvgIpc) is 3.42. The van der Waals surface area contributed by atoms with Gasteiger partial charge in [0, 0.05) is 51.4 Å². The quantitative estimate of drug-likeness (QED) is 0.277. The fraction of sp³-hybridized carbons (Fsp3) is 0.120. The first-order valence-electron chi connectivity index (χ1n) is 9.91. The van der Waals surface area contributed by atoms with E-state index in [4.69, 9.17) is 16.3 Å². The molecule has 2 heterocycles. The molecule has 3 aromatic carbocycles. The van der Waals surface area contributed by atoms with Gasteiger partial charge in [-0.05, 0) is 35.9 Å². The van der Waals surface area contributed by atoms with E-state index >= 15 is 0 Å². The molecule has 7 heteroatoms. The molecule has 5 aromatic rings. The lowest BCUT2D eigenvalue weighted by molar-refractivity contribution is -0.137. The fourth-order valence-electron chi connectivity index (χ4n) is 4.22. The summed E-state index contributed by atoms with van der Waals surface area (Å²) in [4.78, 5) is 5.22. The highest BCUT2D eigenvalue weighted by Gasteiger charge is 2.39. The number of methoxy groups -OCH3 is 1. The number of hydrogen-bond donors (Lipinski definition) is 2. The number of halogens is 4. The molecule has 2 N–H and O–H groups in total. The molecule has 0 radical (unpaired) electrons. The van der Waals surface area contributed by atoms with Gasteiger partial charge < -0.3 is 14.7 Å². The minimum atomic E-state index is -4.42. The van der Waals surface area contributed by atoms with Crippen LogP contribution in [0.4, 0.5) is 13.2 Å². The SMILES string of the molecule is COc1ccc2c(C(Cl)(c3ccc(C(F)(F)F)cc3)c3c[nH]c4ccccc34)c[nH]c2c1. The molecule has 5 rings (SSSR count). The van der Waals surface area contributed by atoms with E-state index in [0.29, 0.717) is 11.3 Å². The van der Waals surface area contributed by atoms with Crippen molar-refractivity contribution >= 4 is 33.4 Å². The number of para-hydroxylation sites is 1. The molecule has 0 aliphatic rings. The molecule has 0 spiro atoms. The highest BCUT2D eigenvalue weighted by atomic mass is 35.5. The molecular formula is C25H18ClF3N2O. The summed E-state index contributed by atoms with van der Waals surface area (Å²) in [6.45, 7) is 0. The first-order valence-corrected chi connectivity index (χ1v) is 10.3. The molecular weight excluding hydrogens is 437 g/mol. The van der Waals surface area contributed by atoms with Crippen LogP contribution < -0.4 is 4.74 Å². The third-order valence-electron chi connectivity index (χ3n) is 5.83. The maximum absolute atomic E-state index is 13.2. The fourth-order valence-corrected chi connectivity index (χ4v) is 4.66. The van der Waals surface area contributed by atoms with Gasteiger partial charge in [-0.25, -0.2) is 0 Å². The number of ether oxygens (including phenoxy) is 1. The molecule has 0 amide bonds. The summed E-state index contributed by atoms with van der Waals surface area (Å²) >= 11 is 7.44. The molecule has 1 unspecified atom stereocenters. The molecule has 3 nitrogen and oxygen atoms in total. The second-order valence-electron chi connectivity index (χ2n) is 7.60. The van der Waals surface area contributed by atoms with E-state index < -0.39 is 16.6 Å². The van der Waals surface area contributed by atoms with Gasteiger partial charge >= 0.3 is 6.18 Å². The number of fused-ring (bicyclic) bond motifs is 2. The summed E-state index contributed by atoms with van der Waals surface area (Å²) in [5.74, 6) is 0.688. The second kappa shape index (κ2) is 7.35. The van der Waals surface area contributed by atoms with Crippen LogP contribution in [0.5, 0.6) is 5.75 Å². The Labute approximate surface area is 186 Å². The van der Waals surface area contributed by atoms with Crippen LogP contribution in [0.25, 0.3) is 21.8 Å². The molecule has 0 fully saturated rings. The van der Waals surface area contributed by atoms with Gasteiger partial charge in [-0.2, -0.15) is 13.2 Å². The molecule has 0 aliphatic heterocycles. The van der Waals surface area contributed by atoms with E-state index in [9.17, 15) is 13.2 Å². The summed E-state index contributed by atoms with van der Waals surface area (Å²) in [6.07, 6.45) is -0.806. The molecule has 0 bridgehead atoms. The topological polar surface area (TPSA) is 40.8 Å². The van der Waals surface area contributed by atoms with Crippen molar-refractivity contribution in [3.8, 4) is 5.75 Å². The maximum Gasteiger partial charge on any atom is 0.416 e. The van der Waals surface area contributed by atoms with Crippen molar-refractivity contribution in [2.75, 3.05) is 7.11 Å². The standard InChI is InChI=1S/C25H18ClF3N2O/c1-32-17-10-11-19-21(14-31-23(19)12-17)24(26,15-6-8-16(9-7-15)25(27,28)29)20-13-30-22-5-3-2-4-18(20)22/h2-14,30-31H,1H3. The minimum absolute atomic E-state index is 0.536. The smallest absolute Gasteiger partial charge is 0.416 e. The summed E-state index contributed by atoms with van der Waals surface area (Å²) in [7, 11) is 1.59. The van der Waals surface area contributed by atoms with E-state index in [2.05, 4.69) is 9.97 Å². The Balaban J connectivity index is 1.79. The summed E-state index contributed by atoms with van der Waals surface area (Å²) in [5, 5.41) is 1.75. The van der Waals surface area contributed by atoms with Crippen LogP contribution >= 0.6 is 11.6 Å². The predicted molar refractivity (Wildman–Crippen MR) is 120 cm³/mol. The molecule has 32 heavy (non-hydrogen) atoms. The van der Waals surface area contributed by atoms with Crippen LogP contribution in [0.2, 0.25) is 0 Å². The van der Waals surface area contributed by atoms with Crippen molar-refractivity contribution in [1.29, 1.82) is 0 Å². The molecule has 162 valence electrons. The number of rotatable bonds is 4. The van der Waals surface area contributed by atoms with Crippen molar-refractivity contribution in [3.63, 3.8) is 0 Å². The van der Waals surface area contributed by atoms with Gasteiger partial charge in [0.15, 0.2) is 0 Å². The normalized spacial score (nSPS) is 14.0. The molecule has 2 aromatic heterocycles. The molecule has 1 atom stereocenters. The maximum atomic E-state index is 13.2. The summed E-state index contributed by atoms with van der Waals surface area (Å²) < 4.78 is 44.9. The van der Waals surface area contributed by atoms with Gasteiger partial charge in [0.25, 0.3) is 0 Å². The van der Waals surface area contributed by atoms with E-state index in [1.165, 1.54) is 12.1 Å². The number of alkyl halides is 4. The van der Waals surface area contributed by atoms with Crippen molar-refractivity contribution < 1.29 is 17.9 Å². The number of aromatic nitrogens is 2. The van der Waals surface area contributed by atoms with Gasteiger partial charge in [0.1, 0.15) is 10.6 Å². The zero-order valence-electron chi connectivity index (χ0n) is 16.9. The average molecular weight is 455 g/mol. The number of benzene rings is 3. The van der Waals surface area contributed by atoms with Crippen LogP contribution in [0, 0.1) is 0 Å². The van der Waals surface area contributed by atoms with Crippen LogP contribution in [0.1, 0.15) is 22.3 Å². The minimum Gasteiger partial charge on any atom is -0.497 e. The Morgan fingerprint density at radius 2 is 1.34 bits per heavy atom. The first-order chi connectivity index (χ1) is 15.3. The van der Waals surface area contributed by atoms with Gasteiger partial charge in [-0.1, -0.05) is 30.3 Å². The van der Waals surface area contributed by atoms with Gasteiger partial charge in [0.05, 0.1) is 12.7 Å². The summed E-state index contributed by atoms with van der Waals surface area (Å²) in [5.41, 5.74) is 3.01. The Morgan fingerprint density at radius 1 is 0.750 bits per heavy atom. The monoisotopic (exact) mass is 454 g/mol. The number of nitrogens with one attached hydrogen (secondary N) is 2. The summed E-state index contributed by atoms with van der Waals surface area (Å²) in [6, 6.07) is 18.3. The zero-order chi connectivity index (χ0) is 22.5. The Bertz CT molecular complexity index is 1420. The van der Waals surface area contributed by atoms with Gasteiger partial charge in [-0.3, -0.25) is 0 Å². The van der Waals surface area contributed by atoms with Crippen molar-refractivity contribution in [3.05, 3.63) is 101 Å². The van der Waals surface area contributed by atoms with Crippen LogP contribution in [-0.2, 0) is 11.1 Å². The van der Waals surface area contributed by atoms with Crippen LogP contribution in [-0.4, -0.2) is 17.1 Å². The third-order valence-corrected chi connectivity index (χ3v) is 6.46. The van der Waals surface area contributed by atoms with E-state index in [-0.39, 0.29) is 0 Å². The molecule has 0 saturated heterocycles.